The van der Waals surface area contributed by atoms with Gasteiger partial charge in [0.15, 0.2) is 0 Å². The van der Waals surface area contributed by atoms with E-state index >= 15 is 0 Å². The lowest BCUT2D eigenvalue weighted by Gasteiger charge is -2.37. The first-order valence-electron chi connectivity index (χ1n) is 9.62. The van der Waals surface area contributed by atoms with Crippen LogP contribution in [0.4, 0.5) is 10.2 Å². The van der Waals surface area contributed by atoms with Gasteiger partial charge in [0, 0.05) is 30.1 Å². The summed E-state index contributed by atoms with van der Waals surface area (Å²) in [5, 5.41) is 3.02. The Bertz CT molecular complexity index is 1100. The zero-order chi connectivity index (χ0) is 20.4. The first-order valence-corrected chi connectivity index (χ1v) is 12.4. The highest BCUT2D eigenvalue weighted by Gasteiger charge is 2.27. The number of sulfonamides is 1. The predicted octanol–water partition coefficient (Wildman–Crippen LogP) is 3.80. The molecule has 0 aliphatic carbocycles. The molecule has 0 bridgehead atoms. The van der Waals surface area contributed by atoms with Crippen LogP contribution in [-0.4, -0.2) is 43.8 Å². The maximum Gasteiger partial charge on any atom is 0.208 e. The molecule has 1 aromatic carbocycles. The van der Waals surface area contributed by atoms with E-state index in [2.05, 4.69) is 19.6 Å². The molecule has 1 saturated heterocycles. The van der Waals surface area contributed by atoms with E-state index < -0.39 is 10.0 Å². The summed E-state index contributed by atoms with van der Waals surface area (Å²) in [5.74, 6) is 0.610. The number of nitrogens with one attached hydrogen (secondary N) is 1. The smallest absolute Gasteiger partial charge is 0.208 e. The Labute approximate surface area is 173 Å². The summed E-state index contributed by atoms with van der Waals surface area (Å²) < 4.78 is 38.8. The molecule has 1 fully saturated rings. The van der Waals surface area contributed by atoms with Gasteiger partial charge >= 0.3 is 0 Å². The Balaban J connectivity index is 1.70. The fourth-order valence-corrected chi connectivity index (χ4v) is 5.31. The van der Waals surface area contributed by atoms with Gasteiger partial charge in [0.1, 0.15) is 22.8 Å². The van der Waals surface area contributed by atoms with Gasteiger partial charge in [-0.1, -0.05) is 12.1 Å². The molecule has 154 valence electrons. The number of hydrogen-bond acceptors (Lipinski definition) is 6. The van der Waals surface area contributed by atoms with E-state index in [1.54, 1.807) is 29.8 Å². The predicted molar refractivity (Wildman–Crippen MR) is 115 cm³/mol. The quantitative estimate of drug-likeness (QED) is 0.639. The lowest BCUT2D eigenvalue weighted by atomic mass is 9.98. The first kappa shape index (κ1) is 20.2. The Kier molecular flexibility index (Phi) is 5.80. The van der Waals surface area contributed by atoms with Crippen LogP contribution in [0.15, 0.2) is 36.0 Å². The number of nitrogens with zero attached hydrogens (tertiary/aromatic N) is 3. The SMILES string of the molecule is CS(=O)(=O)NCC[C@H]1CCCCN1c1ncnc2scc(-c3ccc(F)cc3)c12. The molecule has 0 saturated carbocycles. The van der Waals surface area contributed by atoms with Crippen LogP contribution in [0, 0.1) is 5.82 Å². The number of thiophene rings is 1. The van der Waals surface area contributed by atoms with E-state index in [1.807, 2.05) is 5.38 Å². The second-order valence-corrected chi connectivity index (χ2v) is 10.0. The first-order chi connectivity index (χ1) is 13.9. The molecule has 2 aromatic heterocycles. The normalized spacial score (nSPS) is 17.7. The number of rotatable bonds is 6. The van der Waals surface area contributed by atoms with Gasteiger partial charge in [0.05, 0.1) is 11.6 Å². The third-order valence-electron chi connectivity index (χ3n) is 5.25. The summed E-state index contributed by atoms with van der Waals surface area (Å²) in [4.78, 5) is 12.2. The van der Waals surface area contributed by atoms with Gasteiger partial charge in [-0.05, 0) is 43.4 Å². The van der Waals surface area contributed by atoms with Gasteiger partial charge in [-0.2, -0.15) is 0 Å². The summed E-state index contributed by atoms with van der Waals surface area (Å²) >= 11 is 1.55. The van der Waals surface area contributed by atoms with Gasteiger partial charge in [0.25, 0.3) is 0 Å². The highest BCUT2D eigenvalue weighted by Crippen LogP contribution is 2.39. The van der Waals surface area contributed by atoms with Gasteiger partial charge in [-0.25, -0.2) is 27.5 Å². The van der Waals surface area contributed by atoms with E-state index in [4.69, 9.17) is 0 Å². The molecule has 0 unspecified atom stereocenters. The third-order valence-corrected chi connectivity index (χ3v) is 6.86. The lowest BCUT2D eigenvalue weighted by Crippen LogP contribution is -2.42. The largest absolute Gasteiger partial charge is 0.353 e. The Morgan fingerprint density at radius 3 is 2.79 bits per heavy atom. The topological polar surface area (TPSA) is 75.2 Å². The summed E-state index contributed by atoms with van der Waals surface area (Å²) in [6.45, 7) is 1.27. The molecule has 1 atom stereocenters. The summed E-state index contributed by atoms with van der Waals surface area (Å²) in [6, 6.07) is 6.68. The summed E-state index contributed by atoms with van der Waals surface area (Å²) in [5.41, 5.74) is 1.93. The molecular formula is C20H23FN4O2S2. The zero-order valence-electron chi connectivity index (χ0n) is 16.1. The Morgan fingerprint density at radius 1 is 1.24 bits per heavy atom. The number of hydrogen-bond donors (Lipinski definition) is 1. The van der Waals surface area contributed by atoms with Gasteiger partial charge < -0.3 is 4.90 Å². The second kappa shape index (κ2) is 8.33. The third kappa shape index (κ3) is 4.57. The molecule has 3 aromatic rings. The molecule has 1 aliphatic heterocycles. The van der Waals surface area contributed by atoms with E-state index in [1.165, 1.54) is 18.4 Å². The fraction of sp³-hybridized carbons (Fsp3) is 0.400. The average molecular weight is 435 g/mol. The summed E-state index contributed by atoms with van der Waals surface area (Å²) in [7, 11) is -3.20. The zero-order valence-corrected chi connectivity index (χ0v) is 17.8. The molecule has 1 N–H and O–H groups in total. The molecule has 4 rings (SSSR count). The fourth-order valence-electron chi connectivity index (χ4n) is 3.91. The van der Waals surface area contributed by atoms with Crippen LogP contribution in [0.1, 0.15) is 25.7 Å². The molecular weight excluding hydrogens is 411 g/mol. The molecule has 0 radical (unpaired) electrons. The minimum atomic E-state index is -3.20. The molecule has 1 aliphatic rings. The van der Waals surface area contributed by atoms with Gasteiger partial charge in [-0.15, -0.1) is 11.3 Å². The van der Waals surface area contributed by atoms with E-state index in [0.29, 0.717) is 13.0 Å². The molecule has 6 nitrogen and oxygen atoms in total. The number of fused-ring (bicyclic) bond motifs is 1. The van der Waals surface area contributed by atoms with Crippen molar-refractivity contribution in [3.63, 3.8) is 0 Å². The van der Waals surface area contributed by atoms with Crippen molar-refractivity contribution in [3.8, 4) is 11.1 Å². The maximum atomic E-state index is 13.4. The van der Waals surface area contributed by atoms with Crippen LogP contribution >= 0.6 is 11.3 Å². The van der Waals surface area contributed by atoms with E-state index in [9.17, 15) is 12.8 Å². The molecule has 0 amide bonds. The van der Waals surface area contributed by atoms with E-state index in [-0.39, 0.29) is 11.9 Å². The number of halogens is 1. The van der Waals surface area contributed by atoms with Crippen molar-refractivity contribution in [1.29, 1.82) is 0 Å². The van der Waals surface area contributed by atoms with Crippen molar-refractivity contribution >= 4 is 37.4 Å². The lowest BCUT2D eigenvalue weighted by molar-refractivity contribution is 0.435. The average Bonchev–Trinajstić information content (AvgIpc) is 3.12. The molecule has 29 heavy (non-hydrogen) atoms. The highest BCUT2D eigenvalue weighted by atomic mass is 32.2. The van der Waals surface area contributed by atoms with Crippen molar-refractivity contribution in [2.45, 2.75) is 31.7 Å². The van der Waals surface area contributed by atoms with Crippen LogP contribution in [0.25, 0.3) is 21.3 Å². The second-order valence-electron chi connectivity index (χ2n) is 7.33. The number of benzene rings is 1. The monoisotopic (exact) mass is 434 g/mol. The standard InChI is InChI=1S/C20H23FN4O2S2/c1-29(26,27)24-10-9-16-4-2-3-11-25(16)19-18-17(12-28-20(18)23-13-22-19)14-5-7-15(21)8-6-14/h5-8,12-13,16,24H,2-4,9-11H2,1H3/t16-/m1/s1. The van der Waals surface area contributed by atoms with Crippen molar-refractivity contribution < 1.29 is 12.8 Å². The van der Waals surface area contributed by atoms with Gasteiger partial charge in [0.2, 0.25) is 10.0 Å². The van der Waals surface area contributed by atoms with Crippen LogP contribution in [0.2, 0.25) is 0 Å². The molecule has 9 heteroatoms. The number of piperidine rings is 1. The Morgan fingerprint density at radius 2 is 2.03 bits per heavy atom. The van der Waals surface area contributed by atoms with Crippen molar-refractivity contribution in [1.82, 2.24) is 14.7 Å². The number of aromatic nitrogens is 2. The number of anilines is 1. The van der Waals surface area contributed by atoms with Crippen LogP contribution in [-0.2, 0) is 10.0 Å². The summed E-state index contributed by atoms with van der Waals surface area (Å²) in [6.07, 6.45) is 6.66. The van der Waals surface area contributed by atoms with Crippen molar-refractivity contribution in [3.05, 3.63) is 41.8 Å². The minimum absolute atomic E-state index is 0.206. The Hall–Kier alpha value is -2.10. The minimum Gasteiger partial charge on any atom is -0.353 e. The molecule has 0 spiro atoms. The maximum absolute atomic E-state index is 13.4. The van der Waals surface area contributed by atoms with Crippen LogP contribution < -0.4 is 9.62 Å². The molecule has 3 heterocycles. The van der Waals surface area contributed by atoms with Gasteiger partial charge in [-0.3, -0.25) is 0 Å². The highest BCUT2D eigenvalue weighted by molar-refractivity contribution is 7.88. The van der Waals surface area contributed by atoms with E-state index in [0.717, 1.165) is 53.0 Å². The van der Waals surface area contributed by atoms with Crippen LogP contribution in [0.5, 0.6) is 0 Å². The van der Waals surface area contributed by atoms with Crippen molar-refractivity contribution in [2.24, 2.45) is 0 Å². The van der Waals surface area contributed by atoms with Crippen molar-refractivity contribution in [2.75, 3.05) is 24.2 Å². The van der Waals surface area contributed by atoms with Crippen LogP contribution in [0.3, 0.4) is 0 Å².